The van der Waals surface area contributed by atoms with Gasteiger partial charge in [0.1, 0.15) is 5.82 Å². The highest BCUT2D eigenvalue weighted by atomic mass is 32.2. The highest BCUT2D eigenvalue weighted by Crippen LogP contribution is 2.40. The molecule has 1 N–H and O–H groups in total. The van der Waals surface area contributed by atoms with Crippen molar-refractivity contribution < 1.29 is 36.6 Å². The van der Waals surface area contributed by atoms with Crippen molar-refractivity contribution in [3.63, 3.8) is 0 Å². The predicted octanol–water partition coefficient (Wildman–Crippen LogP) is 2.12. The molecule has 1 aliphatic heterocycles. The summed E-state index contributed by atoms with van der Waals surface area (Å²) in [5, 5.41) is 2.54. The van der Waals surface area contributed by atoms with Gasteiger partial charge in [-0.05, 0) is 18.2 Å². The minimum absolute atomic E-state index is 0.175. The van der Waals surface area contributed by atoms with Crippen LogP contribution in [0.25, 0.3) is 0 Å². The number of sulfonamides is 1. The van der Waals surface area contributed by atoms with Crippen LogP contribution in [0.3, 0.4) is 0 Å². The van der Waals surface area contributed by atoms with Crippen LogP contribution in [0, 0.1) is 5.82 Å². The molecule has 0 aliphatic carbocycles. The fourth-order valence-electron chi connectivity index (χ4n) is 3.13. The maximum absolute atomic E-state index is 14.4. The number of anilines is 1. The van der Waals surface area contributed by atoms with Gasteiger partial charge in [-0.3, -0.25) is 4.79 Å². The van der Waals surface area contributed by atoms with Crippen LogP contribution >= 0.6 is 0 Å². The molecule has 0 spiro atoms. The van der Waals surface area contributed by atoms with Gasteiger partial charge in [0.2, 0.25) is 15.8 Å². The molecule has 168 valence electrons. The molecule has 1 amide bonds. The summed E-state index contributed by atoms with van der Waals surface area (Å²) < 4.78 is 62.2. The summed E-state index contributed by atoms with van der Waals surface area (Å²) in [4.78, 5) is 12.6. The van der Waals surface area contributed by atoms with Crippen LogP contribution in [0.15, 0.2) is 35.2 Å². The zero-order valence-corrected chi connectivity index (χ0v) is 18.1. The molecule has 0 radical (unpaired) electrons. The number of carbonyl (C=O) groups excluding carboxylic acids is 1. The second kappa shape index (κ2) is 9.50. The molecule has 11 heteroatoms. The van der Waals surface area contributed by atoms with Gasteiger partial charge in [-0.15, -0.1) is 0 Å². The van der Waals surface area contributed by atoms with Crippen LogP contribution in [-0.4, -0.2) is 66.3 Å². The van der Waals surface area contributed by atoms with E-state index in [9.17, 15) is 17.6 Å². The third-order valence-corrected chi connectivity index (χ3v) is 6.61. The van der Waals surface area contributed by atoms with Crippen molar-refractivity contribution in [3.05, 3.63) is 41.7 Å². The first-order chi connectivity index (χ1) is 14.8. The van der Waals surface area contributed by atoms with E-state index in [1.165, 1.54) is 37.8 Å². The molecule has 1 heterocycles. The second-order valence-electron chi connectivity index (χ2n) is 6.53. The van der Waals surface area contributed by atoms with Crippen LogP contribution < -0.4 is 19.5 Å². The number of nitrogens with one attached hydrogen (secondary N) is 1. The van der Waals surface area contributed by atoms with E-state index in [-0.39, 0.29) is 36.9 Å². The Bertz CT molecular complexity index is 1040. The molecule has 2 aromatic carbocycles. The van der Waals surface area contributed by atoms with E-state index >= 15 is 0 Å². The molecule has 31 heavy (non-hydrogen) atoms. The zero-order valence-electron chi connectivity index (χ0n) is 17.3. The number of hydrogen-bond acceptors (Lipinski definition) is 7. The molecular formula is C20H23FN2O7S. The fourth-order valence-corrected chi connectivity index (χ4v) is 4.56. The summed E-state index contributed by atoms with van der Waals surface area (Å²) in [6.07, 6.45) is 0. The van der Waals surface area contributed by atoms with Crippen LogP contribution in [-0.2, 0) is 14.8 Å². The van der Waals surface area contributed by atoms with Crippen molar-refractivity contribution in [1.82, 2.24) is 4.31 Å². The summed E-state index contributed by atoms with van der Waals surface area (Å²) in [5.41, 5.74) is -0.163. The Kier molecular flexibility index (Phi) is 6.98. The molecule has 0 saturated carbocycles. The first-order valence-electron chi connectivity index (χ1n) is 9.30. The molecule has 1 fully saturated rings. The van der Waals surface area contributed by atoms with E-state index in [4.69, 9.17) is 18.9 Å². The Morgan fingerprint density at radius 3 is 2.19 bits per heavy atom. The zero-order chi connectivity index (χ0) is 22.6. The normalized spacial score (nSPS) is 14.7. The average molecular weight is 454 g/mol. The smallest absolute Gasteiger partial charge is 0.258 e. The SMILES string of the molecule is COc1cc(NC(=O)c2cc(S(=O)(=O)N3CCOCC3)ccc2F)cc(OC)c1OC. The number of methoxy groups -OCH3 is 3. The Morgan fingerprint density at radius 1 is 1.03 bits per heavy atom. The standard InChI is InChI=1S/C20H23FN2O7S/c1-27-17-10-13(11-18(28-2)19(17)29-3)22-20(24)15-12-14(4-5-16(15)21)31(25,26)23-6-8-30-9-7-23/h4-5,10-12H,6-9H2,1-3H3,(H,22,24). The summed E-state index contributed by atoms with van der Waals surface area (Å²) in [7, 11) is 0.389. The predicted molar refractivity (Wildman–Crippen MR) is 110 cm³/mol. The summed E-state index contributed by atoms with van der Waals surface area (Å²) in [5.74, 6) is -0.771. The summed E-state index contributed by atoms with van der Waals surface area (Å²) in [6.45, 7) is 0.920. The number of rotatable bonds is 7. The van der Waals surface area contributed by atoms with Gasteiger partial charge < -0.3 is 24.3 Å². The van der Waals surface area contributed by atoms with E-state index in [0.29, 0.717) is 17.2 Å². The molecule has 0 unspecified atom stereocenters. The third kappa shape index (κ3) is 4.73. The molecule has 1 saturated heterocycles. The van der Waals surface area contributed by atoms with Gasteiger partial charge in [0.25, 0.3) is 5.91 Å². The topological polar surface area (TPSA) is 103 Å². The summed E-state index contributed by atoms with van der Waals surface area (Å²) >= 11 is 0. The molecule has 0 bridgehead atoms. The highest BCUT2D eigenvalue weighted by molar-refractivity contribution is 7.89. The van der Waals surface area contributed by atoms with E-state index < -0.39 is 27.3 Å². The highest BCUT2D eigenvalue weighted by Gasteiger charge is 2.28. The quantitative estimate of drug-likeness (QED) is 0.684. The number of carbonyl (C=O) groups is 1. The van der Waals surface area contributed by atoms with Crippen LogP contribution in [0.1, 0.15) is 10.4 Å². The first-order valence-corrected chi connectivity index (χ1v) is 10.7. The number of benzene rings is 2. The number of nitrogens with zero attached hydrogens (tertiary/aromatic N) is 1. The second-order valence-corrected chi connectivity index (χ2v) is 8.46. The van der Waals surface area contributed by atoms with E-state index in [2.05, 4.69) is 5.32 Å². The average Bonchev–Trinajstić information content (AvgIpc) is 2.78. The lowest BCUT2D eigenvalue weighted by Gasteiger charge is -2.26. The number of amides is 1. The Morgan fingerprint density at radius 2 is 1.65 bits per heavy atom. The van der Waals surface area contributed by atoms with Gasteiger partial charge in [0, 0.05) is 30.9 Å². The summed E-state index contributed by atoms with van der Waals surface area (Å²) in [6, 6.07) is 6.07. The molecule has 0 atom stereocenters. The lowest BCUT2D eigenvalue weighted by atomic mass is 10.2. The van der Waals surface area contributed by atoms with Crippen LogP contribution in [0.5, 0.6) is 17.2 Å². The van der Waals surface area contributed by atoms with Crippen LogP contribution in [0.4, 0.5) is 10.1 Å². The number of ether oxygens (including phenoxy) is 4. The van der Waals surface area contributed by atoms with E-state index in [0.717, 1.165) is 18.2 Å². The van der Waals surface area contributed by atoms with E-state index in [1.54, 1.807) is 0 Å². The number of halogens is 1. The Balaban J connectivity index is 1.91. The van der Waals surface area contributed by atoms with Gasteiger partial charge >= 0.3 is 0 Å². The van der Waals surface area contributed by atoms with Crippen LogP contribution in [0.2, 0.25) is 0 Å². The molecule has 0 aromatic heterocycles. The maximum Gasteiger partial charge on any atom is 0.258 e. The molecule has 3 rings (SSSR count). The number of morpholine rings is 1. The van der Waals surface area contributed by atoms with Crippen molar-refractivity contribution in [3.8, 4) is 17.2 Å². The largest absolute Gasteiger partial charge is 0.493 e. The van der Waals surface area contributed by atoms with Gasteiger partial charge in [0.05, 0.1) is 45.0 Å². The van der Waals surface area contributed by atoms with Gasteiger partial charge in [-0.1, -0.05) is 0 Å². The molecule has 9 nitrogen and oxygen atoms in total. The molecule has 2 aromatic rings. The van der Waals surface area contributed by atoms with Gasteiger partial charge in [-0.25, -0.2) is 12.8 Å². The fraction of sp³-hybridized carbons (Fsp3) is 0.350. The van der Waals surface area contributed by atoms with Crippen molar-refractivity contribution in [2.45, 2.75) is 4.90 Å². The van der Waals surface area contributed by atoms with Gasteiger partial charge in [-0.2, -0.15) is 4.31 Å². The maximum atomic E-state index is 14.4. The number of hydrogen-bond donors (Lipinski definition) is 1. The van der Waals surface area contributed by atoms with Crippen molar-refractivity contribution >= 4 is 21.6 Å². The third-order valence-electron chi connectivity index (χ3n) is 4.71. The minimum Gasteiger partial charge on any atom is -0.493 e. The first kappa shape index (κ1) is 22.8. The molecular weight excluding hydrogens is 431 g/mol. The molecule has 1 aliphatic rings. The Hall–Kier alpha value is -2.89. The van der Waals surface area contributed by atoms with Crippen molar-refractivity contribution in [2.24, 2.45) is 0 Å². The van der Waals surface area contributed by atoms with Gasteiger partial charge in [0.15, 0.2) is 11.5 Å². The lowest BCUT2D eigenvalue weighted by molar-refractivity contribution is 0.0730. The monoisotopic (exact) mass is 454 g/mol. The van der Waals surface area contributed by atoms with E-state index in [1.807, 2.05) is 0 Å². The van der Waals surface area contributed by atoms with Crippen molar-refractivity contribution in [1.29, 1.82) is 0 Å². The Labute approximate surface area is 179 Å². The lowest BCUT2D eigenvalue weighted by Crippen LogP contribution is -2.40. The van der Waals surface area contributed by atoms with Crippen molar-refractivity contribution in [2.75, 3.05) is 52.9 Å². The minimum atomic E-state index is -3.89.